The normalized spacial score (nSPS) is 18.7. The number of hydrogen-bond donors (Lipinski definition) is 3. The number of methoxy groups -OCH3 is 1. The molecule has 4 rings (SSSR count). The number of aromatic nitrogens is 2. The first kappa shape index (κ1) is 22.7. The van der Waals surface area contributed by atoms with Crippen molar-refractivity contribution in [3.8, 4) is 5.75 Å². The van der Waals surface area contributed by atoms with Gasteiger partial charge < -0.3 is 20.5 Å². The molecule has 1 aliphatic rings. The molecule has 174 valence electrons. The number of ether oxygens (including phenoxy) is 1. The van der Waals surface area contributed by atoms with Crippen LogP contribution in [0.5, 0.6) is 5.75 Å². The van der Waals surface area contributed by atoms with E-state index in [1.807, 2.05) is 0 Å². The minimum absolute atomic E-state index is 0.104. The maximum Gasteiger partial charge on any atom is 0.410 e. The highest BCUT2D eigenvalue weighted by molar-refractivity contribution is 6.03. The average molecular weight is 460 g/mol. The second kappa shape index (κ2) is 8.78. The Hall–Kier alpha value is -3.53. The lowest BCUT2D eigenvalue weighted by molar-refractivity contribution is -0.173. The van der Waals surface area contributed by atoms with Crippen molar-refractivity contribution in [3.05, 3.63) is 71.4 Å². The Morgan fingerprint density at radius 1 is 1.24 bits per heavy atom. The van der Waals surface area contributed by atoms with E-state index in [9.17, 15) is 23.1 Å². The maximum atomic E-state index is 13.9. The molecule has 0 fully saturated rings. The van der Waals surface area contributed by atoms with Gasteiger partial charge in [0.2, 0.25) is 0 Å². The number of hydrogen-bond acceptors (Lipinski definition) is 5. The van der Waals surface area contributed by atoms with Crippen molar-refractivity contribution in [2.24, 2.45) is 0 Å². The fourth-order valence-corrected chi connectivity index (χ4v) is 3.81. The van der Waals surface area contributed by atoms with Gasteiger partial charge in [-0.1, -0.05) is 24.3 Å². The molecule has 1 aliphatic heterocycles. The Kier molecular flexibility index (Phi) is 6.03. The van der Waals surface area contributed by atoms with Crippen molar-refractivity contribution in [1.29, 1.82) is 0 Å². The minimum Gasteiger partial charge on any atom is -0.497 e. The highest BCUT2D eigenvalue weighted by atomic mass is 19.4. The van der Waals surface area contributed by atoms with E-state index in [0.717, 1.165) is 4.68 Å². The van der Waals surface area contributed by atoms with Gasteiger partial charge in [-0.15, -0.1) is 0 Å². The number of alkyl halides is 3. The van der Waals surface area contributed by atoms with Crippen LogP contribution in [0.25, 0.3) is 0 Å². The zero-order chi connectivity index (χ0) is 23.8. The average Bonchev–Trinajstić information content (AvgIpc) is 3.22. The van der Waals surface area contributed by atoms with E-state index in [-0.39, 0.29) is 17.9 Å². The van der Waals surface area contributed by atoms with Crippen LogP contribution in [0.2, 0.25) is 0 Å². The lowest BCUT2D eigenvalue weighted by atomic mass is 9.97. The molecule has 0 unspecified atom stereocenters. The number of aliphatic hydroxyl groups excluding tert-OH is 1. The summed E-state index contributed by atoms with van der Waals surface area (Å²) in [5.41, 5.74) is 1.52. The Labute approximate surface area is 188 Å². The molecule has 0 radical (unpaired) electrons. The van der Waals surface area contributed by atoms with E-state index < -0.39 is 30.3 Å². The molecule has 3 atom stereocenters. The lowest BCUT2D eigenvalue weighted by Crippen LogP contribution is -2.35. The van der Waals surface area contributed by atoms with Gasteiger partial charge in [0.05, 0.1) is 19.3 Å². The molecule has 7 nitrogen and oxygen atoms in total. The van der Waals surface area contributed by atoms with Gasteiger partial charge >= 0.3 is 6.18 Å². The van der Waals surface area contributed by atoms with Crippen molar-refractivity contribution in [2.45, 2.75) is 37.7 Å². The summed E-state index contributed by atoms with van der Waals surface area (Å²) in [6, 6.07) is 12.2. The Morgan fingerprint density at radius 3 is 2.61 bits per heavy atom. The largest absolute Gasteiger partial charge is 0.497 e. The topological polar surface area (TPSA) is 88.4 Å². The SMILES string of the molecule is COc1ccc([C@H]2C[C@H](C(F)(F)F)n3nc(C(=O)Nc4cccc([C@@H](C)O)c4)cc3N2)cc1. The first-order valence-corrected chi connectivity index (χ1v) is 10.3. The van der Waals surface area contributed by atoms with Crippen LogP contribution < -0.4 is 15.4 Å². The molecule has 1 aromatic heterocycles. The predicted octanol–water partition coefficient (Wildman–Crippen LogP) is 4.86. The summed E-state index contributed by atoms with van der Waals surface area (Å²) in [5.74, 6) is 0.0567. The number of halogens is 3. The number of nitrogens with one attached hydrogen (secondary N) is 2. The fourth-order valence-electron chi connectivity index (χ4n) is 3.81. The third-order valence-electron chi connectivity index (χ3n) is 5.57. The summed E-state index contributed by atoms with van der Waals surface area (Å²) in [4.78, 5) is 12.7. The first-order chi connectivity index (χ1) is 15.7. The highest BCUT2D eigenvalue weighted by Crippen LogP contribution is 2.43. The highest BCUT2D eigenvalue weighted by Gasteiger charge is 2.46. The molecule has 1 amide bonds. The standard InChI is InChI=1S/C23H23F3N4O3/c1-13(31)15-4-3-5-16(10-15)27-22(32)19-12-21-28-18(14-6-8-17(33-2)9-7-14)11-20(23(24,25)26)30(21)29-19/h3-10,12-13,18,20,28,31H,11H2,1-2H3,(H,27,32)/t13-,18-,20-/m1/s1. The molecule has 2 heterocycles. The zero-order valence-electron chi connectivity index (χ0n) is 17.9. The third-order valence-corrected chi connectivity index (χ3v) is 5.57. The van der Waals surface area contributed by atoms with Crippen molar-refractivity contribution >= 4 is 17.4 Å². The molecule has 0 bridgehead atoms. The van der Waals surface area contributed by atoms with Gasteiger partial charge in [-0.05, 0) is 42.3 Å². The molecule has 3 aromatic rings. The van der Waals surface area contributed by atoms with Gasteiger partial charge in [-0.2, -0.15) is 18.3 Å². The van der Waals surface area contributed by atoms with Gasteiger partial charge in [0.25, 0.3) is 5.91 Å². The maximum absolute atomic E-state index is 13.9. The van der Waals surface area contributed by atoms with Crippen LogP contribution in [0.4, 0.5) is 24.7 Å². The summed E-state index contributed by atoms with van der Waals surface area (Å²) in [7, 11) is 1.51. The van der Waals surface area contributed by atoms with Crippen LogP contribution >= 0.6 is 0 Å². The van der Waals surface area contributed by atoms with E-state index in [0.29, 0.717) is 22.6 Å². The number of amides is 1. The predicted molar refractivity (Wildman–Crippen MR) is 116 cm³/mol. The Bertz CT molecular complexity index is 1140. The molecule has 0 spiro atoms. The molecule has 0 saturated heterocycles. The van der Waals surface area contributed by atoms with Crippen LogP contribution in [0, 0.1) is 0 Å². The van der Waals surface area contributed by atoms with Crippen LogP contribution in [-0.2, 0) is 0 Å². The van der Waals surface area contributed by atoms with E-state index >= 15 is 0 Å². The summed E-state index contributed by atoms with van der Waals surface area (Å²) in [5, 5.41) is 19.4. The monoisotopic (exact) mass is 460 g/mol. The van der Waals surface area contributed by atoms with Gasteiger partial charge in [0, 0.05) is 18.2 Å². The zero-order valence-corrected chi connectivity index (χ0v) is 17.9. The van der Waals surface area contributed by atoms with Crippen molar-refractivity contribution < 1.29 is 27.8 Å². The molecular weight excluding hydrogens is 437 g/mol. The van der Waals surface area contributed by atoms with Gasteiger partial charge in [0.1, 0.15) is 11.6 Å². The number of fused-ring (bicyclic) bond motifs is 1. The van der Waals surface area contributed by atoms with Crippen LogP contribution in [0.3, 0.4) is 0 Å². The Morgan fingerprint density at radius 2 is 1.97 bits per heavy atom. The van der Waals surface area contributed by atoms with Crippen LogP contribution in [0.15, 0.2) is 54.6 Å². The lowest BCUT2D eigenvalue weighted by Gasteiger charge is -2.33. The molecule has 33 heavy (non-hydrogen) atoms. The van der Waals surface area contributed by atoms with E-state index in [4.69, 9.17) is 4.74 Å². The summed E-state index contributed by atoms with van der Waals surface area (Å²) in [6.07, 6.45) is -5.55. The number of benzene rings is 2. The number of carbonyl (C=O) groups is 1. The van der Waals surface area contributed by atoms with E-state index in [1.54, 1.807) is 55.5 Å². The first-order valence-electron chi connectivity index (χ1n) is 10.3. The van der Waals surface area contributed by atoms with Crippen molar-refractivity contribution in [2.75, 3.05) is 17.7 Å². The number of rotatable bonds is 5. The summed E-state index contributed by atoms with van der Waals surface area (Å²) < 4.78 is 47.6. The number of anilines is 2. The number of nitrogens with zero attached hydrogens (tertiary/aromatic N) is 2. The second-order valence-corrected chi connectivity index (χ2v) is 7.88. The smallest absolute Gasteiger partial charge is 0.410 e. The van der Waals surface area contributed by atoms with Crippen LogP contribution in [0.1, 0.15) is 53.1 Å². The third kappa shape index (κ3) is 4.80. The number of aliphatic hydroxyl groups is 1. The fraction of sp³-hybridized carbons (Fsp3) is 0.304. The second-order valence-electron chi connectivity index (χ2n) is 7.88. The van der Waals surface area contributed by atoms with Crippen molar-refractivity contribution in [1.82, 2.24) is 9.78 Å². The van der Waals surface area contributed by atoms with Gasteiger partial charge in [-0.3, -0.25) is 4.79 Å². The van der Waals surface area contributed by atoms with E-state index in [1.165, 1.54) is 13.2 Å². The minimum atomic E-state index is -4.55. The number of carbonyl (C=O) groups excluding carboxylic acids is 1. The van der Waals surface area contributed by atoms with Crippen LogP contribution in [-0.4, -0.2) is 34.1 Å². The van der Waals surface area contributed by atoms with Crippen molar-refractivity contribution in [3.63, 3.8) is 0 Å². The molecule has 0 saturated carbocycles. The molecule has 2 aromatic carbocycles. The molecule has 3 N–H and O–H groups in total. The summed E-state index contributed by atoms with van der Waals surface area (Å²) >= 11 is 0. The quantitative estimate of drug-likeness (QED) is 0.506. The van der Waals surface area contributed by atoms with Gasteiger partial charge in [-0.25, -0.2) is 4.68 Å². The van der Waals surface area contributed by atoms with Gasteiger partial charge in [0.15, 0.2) is 11.7 Å². The molecule has 10 heteroatoms. The molecular formula is C23H23F3N4O3. The van der Waals surface area contributed by atoms with E-state index in [2.05, 4.69) is 15.7 Å². The Balaban J connectivity index is 1.61. The summed E-state index contributed by atoms with van der Waals surface area (Å²) in [6.45, 7) is 1.59. The molecule has 0 aliphatic carbocycles.